The van der Waals surface area contributed by atoms with E-state index in [1.165, 1.54) is 12.1 Å². The summed E-state index contributed by atoms with van der Waals surface area (Å²) in [6.07, 6.45) is -3.58. The Morgan fingerprint density at radius 3 is 2.70 bits per heavy atom. The predicted octanol–water partition coefficient (Wildman–Crippen LogP) is 2.40. The molecule has 6 nitrogen and oxygen atoms in total. The van der Waals surface area contributed by atoms with Gasteiger partial charge in [-0.3, -0.25) is 0 Å². The van der Waals surface area contributed by atoms with Crippen molar-refractivity contribution < 1.29 is 27.5 Å². The van der Waals surface area contributed by atoms with E-state index in [1.54, 1.807) is 0 Å². The second-order valence-corrected chi connectivity index (χ2v) is 3.69. The van der Waals surface area contributed by atoms with Crippen molar-refractivity contribution in [2.45, 2.75) is 12.7 Å². The number of aromatic nitrogens is 2. The second-order valence-electron chi connectivity index (χ2n) is 3.69. The van der Waals surface area contributed by atoms with Gasteiger partial charge in [0.15, 0.2) is 0 Å². The summed E-state index contributed by atoms with van der Waals surface area (Å²) in [4.78, 5) is 17.5. The Bertz CT molecular complexity index is 625. The normalized spacial score (nSPS) is 11.3. The molecular weight excluding hydrogens is 279 g/mol. The Hall–Kier alpha value is -2.58. The van der Waals surface area contributed by atoms with Crippen LogP contribution in [0.4, 0.5) is 19.1 Å². The van der Waals surface area contributed by atoms with Crippen LogP contribution in [0.2, 0.25) is 0 Å². The Labute approximate surface area is 110 Å². The third kappa shape index (κ3) is 3.25. The standard InChI is InChI=1S/C11H8F3N3O3/c12-11(13,14)8-3-4-15-10(17-8)16-5-6-1-2-7(20-6)9(18)19/h1-4H,5H2,(H,18,19)(H,15,16,17). The van der Waals surface area contributed by atoms with E-state index in [4.69, 9.17) is 9.52 Å². The average molecular weight is 287 g/mol. The molecule has 9 heteroatoms. The molecule has 0 aliphatic carbocycles. The zero-order valence-electron chi connectivity index (χ0n) is 9.81. The molecule has 106 valence electrons. The van der Waals surface area contributed by atoms with Gasteiger partial charge in [-0.2, -0.15) is 13.2 Å². The molecule has 0 radical (unpaired) electrons. The summed E-state index contributed by atoms with van der Waals surface area (Å²) in [5.74, 6) is -1.48. The van der Waals surface area contributed by atoms with Gasteiger partial charge in [-0.15, -0.1) is 0 Å². The molecular formula is C11H8F3N3O3. The van der Waals surface area contributed by atoms with Crippen molar-refractivity contribution in [2.75, 3.05) is 5.32 Å². The molecule has 0 unspecified atom stereocenters. The van der Waals surface area contributed by atoms with Crippen LogP contribution in [0.3, 0.4) is 0 Å². The quantitative estimate of drug-likeness (QED) is 0.897. The molecule has 2 aromatic rings. The minimum atomic E-state index is -4.56. The van der Waals surface area contributed by atoms with Gasteiger partial charge in [0.1, 0.15) is 11.5 Å². The summed E-state index contributed by atoms with van der Waals surface area (Å²) >= 11 is 0. The van der Waals surface area contributed by atoms with Gasteiger partial charge in [-0.1, -0.05) is 0 Å². The number of nitrogens with zero attached hydrogens (tertiary/aromatic N) is 2. The number of rotatable bonds is 4. The number of carboxylic acid groups (broad SMARTS) is 1. The monoisotopic (exact) mass is 287 g/mol. The van der Waals surface area contributed by atoms with Gasteiger partial charge >= 0.3 is 12.1 Å². The third-order valence-electron chi connectivity index (χ3n) is 2.24. The van der Waals surface area contributed by atoms with E-state index in [1.807, 2.05) is 0 Å². The van der Waals surface area contributed by atoms with Crippen molar-refractivity contribution in [2.24, 2.45) is 0 Å². The van der Waals surface area contributed by atoms with Gasteiger partial charge in [-0.25, -0.2) is 14.8 Å². The van der Waals surface area contributed by atoms with E-state index in [0.29, 0.717) is 0 Å². The first-order valence-corrected chi connectivity index (χ1v) is 5.32. The van der Waals surface area contributed by atoms with E-state index < -0.39 is 17.8 Å². The third-order valence-corrected chi connectivity index (χ3v) is 2.24. The van der Waals surface area contributed by atoms with Crippen molar-refractivity contribution in [1.29, 1.82) is 0 Å². The molecule has 0 saturated carbocycles. The maximum atomic E-state index is 12.4. The lowest BCUT2D eigenvalue weighted by atomic mass is 10.4. The van der Waals surface area contributed by atoms with Crippen LogP contribution >= 0.6 is 0 Å². The second kappa shape index (κ2) is 5.19. The highest BCUT2D eigenvalue weighted by atomic mass is 19.4. The summed E-state index contributed by atoms with van der Waals surface area (Å²) in [6, 6.07) is 3.39. The average Bonchev–Trinajstić information content (AvgIpc) is 2.85. The first-order chi connectivity index (χ1) is 9.36. The summed E-state index contributed by atoms with van der Waals surface area (Å²) < 4.78 is 42.2. The van der Waals surface area contributed by atoms with Crippen LogP contribution in [0.1, 0.15) is 22.0 Å². The van der Waals surface area contributed by atoms with E-state index in [0.717, 1.165) is 12.3 Å². The number of nitrogens with one attached hydrogen (secondary N) is 1. The maximum Gasteiger partial charge on any atom is 0.433 e. The van der Waals surface area contributed by atoms with E-state index in [-0.39, 0.29) is 24.0 Å². The number of hydrogen-bond donors (Lipinski definition) is 2. The van der Waals surface area contributed by atoms with Crippen LogP contribution in [0.5, 0.6) is 0 Å². The van der Waals surface area contributed by atoms with Gasteiger partial charge < -0.3 is 14.8 Å². The number of alkyl halides is 3. The highest BCUT2D eigenvalue weighted by molar-refractivity contribution is 5.84. The van der Waals surface area contributed by atoms with Crippen molar-refractivity contribution in [3.05, 3.63) is 41.6 Å². The lowest BCUT2D eigenvalue weighted by Crippen LogP contribution is -2.11. The Balaban J connectivity index is 2.05. The van der Waals surface area contributed by atoms with Crippen molar-refractivity contribution in [1.82, 2.24) is 9.97 Å². The largest absolute Gasteiger partial charge is 0.475 e. The lowest BCUT2D eigenvalue weighted by molar-refractivity contribution is -0.141. The number of aromatic carboxylic acids is 1. The van der Waals surface area contributed by atoms with E-state index in [9.17, 15) is 18.0 Å². The number of hydrogen-bond acceptors (Lipinski definition) is 5. The molecule has 2 N–H and O–H groups in total. The minimum Gasteiger partial charge on any atom is -0.475 e. The highest BCUT2D eigenvalue weighted by Gasteiger charge is 2.32. The number of anilines is 1. The maximum absolute atomic E-state index is 12.4. The molecule has 0 aromatic carbocycles. The lowest BCUT2D eigenvalue weighted by Gasteiger charge is -2.07. The molecule has 0 spiro atoms. The molecule has 0 aliphatic rings. The fourth-order valence-electron chi connectivity index (χ4n) is 1.36. The fraction of sp³-hybridized carbons (Fsp3) is 0.182. The molecule has 0 atom stereocenters. The molecule has 0 saturated heterocycles. The van der Waals surface area contributed by atoms with Gasteiger partial charge in [0.2, 0.25) is 11.7 Å². The van der Waals surface area contributed by atoms with Crippen LogP contribution in [0, 0.1) is 0 Å². The predicted molar refractivity (Wildman–Crippen MR) is 60.0 cm³/mol. The first-order valence-electron chi connectivity index (χ1n) is 5.32. The van der Waals surface area contributed by atoms with Gasteiger partial charge in [0.25, 0.3) is 0 Å². The van der Waals surface area contributed by atoms with E-state index >= 15 is 0 Å². The highest BCUT2D eigenvalue weighted by Crippen LogP contribution is 2.27. The smallest absolute Gasteiger partial charge is 0.433 e. The summed E-state index contributed by atoms with van der Waals surface area (Å²) in [6.45, 7) is -0.0331. The zero-order valence-corrected chi connectivity index (χ0v) is 9.81. The molecule has 0 amide bonds. The summed E-state index contributed by atoms with van der Waals surface area (Å²) in [5.41, 5.74) is -1.07. The van der Waals surface area contributed by atoms with Crippen LogP contribution in [-0.2, 0) is 12.7 Å². The van der Waals surface area contributed by atoms with Crippen molar-refractivity contribution in [3.63, 3.8) is 0 Å². The Kier molecular flexibility index (Phi) is 3.59. The summed E-state index contributed by atoms with van der Waals surface area (Å²) in [5, 5.41) is 11.2. The number of carbonyl (C=O) groups is 1. The van der Waals surface area contributed by atoms with Crippen LogP contribution in [-0.4, -0.2) is 21.0 Å². The number of carboxylic acids is 1. The van der Waals surface area contributed by atoms with Gasteiger partial charge in [0, 0.05) is 6.20 Å². The van der Waals surface area contributed by atoms with Gasteiger partial charge in [0.05, 0.1) is 6.54 Å². The van der Waals surface area contributed by atoms with Crippen LogP contribution < -0.4 is 5.32 Å². The van der Waals surface area contributed by atoms with E-state index in [2.05, 4.69) is 15.3 Å². The van der Waals surface area contributed by atoms with Crippen molar-refractivity contribution >= 4 is 11.9 Å². The van der Waals surface area contributed by atoms with Crippen LogP contribution in [0.25, 0.3) is 0 Å². The molecule has 2 aromatic heterocycles. The summed E-state index contributed by atoms with van der Waals surface area (Å²) in [7, 11) is 0. The number of halogens is 3. The SMILES string of the molecule is O=C(O)c1ccc(CNc2nccc(C(F)(F)F)n2)o1. The molecule has 20 heavy (non-hydrogen) atoms. The minimum absolute atomic E-state index is 0.0331. The molecule has 2 heterocycles. The molecule has 2 rings (SSSR count). The van der Waals surface area contributed by atoms with Gasteiger partial charge in [-0.05, 0) is 18.2 Å². The topological polar surface area (TPSA) is 88.2 Å². The van der Waals surface area contributed by atoms with Crippen molar-refractivity contribution in [3.8, 4) is 0 Å². The number of furan rings is 1. The Morgan fingerprint density at radius 1 is 1.35 bits per heavy atom. The molecule has 0 bridgehead atoms. The van der Waals surface area contributed by atoms with Crippen LogP contribution in [0.15, 0.2) is 28.8 Å². The molecule has 0 aliphatic heterocycles. The zero-order chi connectivity index (χ0) is 14.8. The fourth-order valence-corrected chi connectivity index (χ4v) is 1.36. The molecule has 0 fully saturated rings. The first kappa shape index (κ1) is 13.8. The Morgan fingerprint density at radius 2 is 2.10 bits per heavy atom.